The van der Waals surface area contributed by atoms with E-state index in [1.54, 1.807) is 24.1 Å². The molecule has 1 amide bonds. The molecular weight excluding hydrogens is 386 g/mol. The average Bonchev–Trinajstić information content (AvgIpc) is 3.23. The van der Waals surface area contributed by atoms with Crippen LogP contribution in [0.15, 0.2) is 35.2 Å². The lowest BCUT2D eigenvalue weighted by Gasteiger charge is -2.24. The van der Waals surface area contributed by atoms with Crippen molar-refractivity contribution in [2.24, 2.45) is 0 Å². The summed E-state index contributed by atoms with van der Waals surface area (Å²) in [5, 5.41) is 13.1. The van der Waals surface area contributed by atoms with Crippen LogP contribution < -0.4 is 4.74 Å². The van der Waals surface area contributed by atoms with Gasteiger partial charge in [-0.25, -0.2) is 0 Å². The first-order valence-corrected chi connectivity index (χ1v) is 10.7. The van der Waals surface area contributed by atoms with Gasteiger partial charge in [0.05, 0.1) is 18.7 Å². The number of methoxy groups -OCH3 is 1. The summed E-state index contributed by atoms with van der Waals surface area (Å²) in [6, 6.07) is 6.77. The predicted octanol–water partition coefficient (Wildman–Crippen LogP) is 5.02. The third-order valence-electron chi connectivity index (χ3n) is 5.28. The maximum atomic E-state index is 12.9. The Hall–Kier alpha value is -2.60. The van der Waals surface area contributed by atoms with Crippen LogP contribution in [-0.2, 0) is 9.59 Å². The number of carbonyl (C=O) groups is 2. The second-order valence-corrected chi connectivity index (χ2v) is 8.52. The summed E-state index contributed by atoms with van der Waals surface area (Å²) < 4.78 is 5.42. The third kappa shape index (κ3) is 3.69. The Morgan fingerprint density at radius 1 is 1.28 bits per heavy atom. The van der Waals surface area contributed by atoms with Gasteiger partial charge in [0.2, 0.25) is 0 Å². The van der Waals surface area contributed by atoms with Crippen LogP contribution in [0.5, 0.6) is 5.75 Å². The van der Waals surface area contributed by atoms with Gasteiger partial charge in [-0.2, -0.15) is 0 Å². The number of ketones is 1. The number of nitrogens with zero attached hydrogens (tertiary/aromatic N) is 1. The molecule has 0 saturated carbocycles. The second kappa shape index (κ2) is 8.41. The highest BCUT2D eigenvalue weighted by Crippen LogP contribution is 2.43. The number of carbonyl (C=O) groups excluding carboxylic acids is 2. The van der Waals surface area contributed by atoms with Crippen molar-refractivity contribution in [2.45, 2.75) is 46.1 Å². The van der Waals surface area contributed by atoms with Gasteiger partial charge >= 0.3 is 0 Å². The summed E-state index contributed by atoms with van der Waals surface area (Å²) in [5.74, 6) is -0.409. The molecule has 1 aromatic carbocycles. The molecule has 6 heteroatoms. The smallest absolute Gasteiger partial charge is 0.295 e. The zero-order valence-electron chi connectivity index (χ0n) is 17.5. The van der Waals surface area contributed by atoms with Crippen molar-refractivity contribution in [1.29, 1.82) is 0 Å². The minimum atomic E-state index is -0.629. The van der Waals surface area contributed by atoms with Gasteiger partial charge in [0.25, 0.3) is 11.7 Å². The van der Waals surface area contributed by atoms with Gasteiger partial charge in [-0.3, -0.25) is 9.59 Å². The molecule has 29 heavy (non-hydrogen) atoms. The van der Waals surface area contributed by atoms with Crippen LogP contribution >= 0.6 is 11.3 Å². The molecule has 2 aromatic rings. The van der Waals surface area contributed by atoms with Gasteiger partial charge in [0, 0.05) is 17.0 Å². The summed E-state index contributed by atoms with van der Waals surface area (Å²) in [7, 11) is 1.61. The van der Waals surface area contributed by atoms with Crippen LogP contribution in [0.1, 0.15) is 60.7 Å². The van der Waals surface area contributed by atoms with E-state index in [0.29, 0.717) is 12.1 Å². The van der Waals surface area contributed by atoms with Crippen molar-refractivity contribution >= 4 is 28.8 Å². The minimum absolute atomic E-state index is 0.135. The van der Waals surface area contributed by atoms with E-state index in [2.05, 4.69) is 0 Å². The lowest BCUT2D eigenvalue weighted by Crippen LogP contribution is -2.30. The van der Waals surface area contributed by atoms with Crippen LogP contribution in [0, 0.1) is 6.92 Å². The fourth-order valence-corrected chi connectivity index (χ4v) is 4.82. The number of rotatable bonds is 6. The SMILES string of the molecule is CCCN1C(=O)C(=O)/C(=C(\O)c2ccc(OC)c(C(C)C)c2)C1c1sccc1C. The van der Waals surface area contributed by atoms with Crippen LogP contribution in [0.3, 0.4) is 0 Å². The quantitative estimate of drug-likeness (QED) is 0.410. The van der Waals surface area contributed by atoms with E-state index in [0.717, 1.165) is 28.2 Å². The van der Waals surface area contributed by atoms with Gasteiger partial charge in [-0.1, -0.05) is 20.8 Å². The second-order valence-electron chi connectivity index (χ2n) is 7.57. The van der Waals surface area contributed by atoms with Gasteiger partial charge in [-0.15, -0.1) is 11.3 Å². The number of likely N-dealkylation sites (tertiary alicyclic amines) is 1. The highest BCUT2D eigenvalue weighted by Gasteiger charge is 2.46. The fourth-order valence-electron chi connectivity index (χ4n) is 3.78. The van der Waals surface area contributed by atoms with Crippen molar-refractivity contribution in [2.75, 3.05) is 13.7 Å². The summed E-state index contributed by atoms with van der Waals surface area (Å²) in [6.07, 6.45) is 0.730. The van der Waals surface area contributed by atoms with Gasteiger partial charge in [-0.05, 0) is 60.0 Å². The Morgan fingerprint density at radius 2 is 2.00 bits per heavy atom. The standard InChI is InChI=1S/C23H27NO4S/c1-6-10-24-19(22-14(4)9-11-29-22)18(21(26)23(24)27)20(25)15-7-8-17(28-5)16(12-15)13(2)3/h7-9,11-13,19,25H,6,10H2,1-5H3/b20-18-. The molecule has 1 aliphatic rings. The first-order chi connectivity index (χ1) is 13.8. The largest absolute Gasteiger partial charge is 0.507 e. The van der Waals surface area contributed by atoms with Crippen molar-refractivity contribution in [1.82, 2.24) is 4.90 Å². The van der Waals surface area contributed by atoms with Gasteiger partial charge in [0.15, 0.2) is 0 Å². The number of hydrogen-bond donors (Lipinski definition) is 1. The molecule has 1 fully saturated rings. The van der Waals surface area contributed by atoms with Crippen LogP contribution in [0.4, 0.5) is 0 Å². The van der Waals surface area contributed by atoms with E-state index in [1.165, 1.54) is 11.3 Å². The normalized spacial score (nSPS) is 18.7. The minimum Gasteiger partial charge on any atom is -0.507 e. The molecule has 1 unspecified atom stereocenters. The van der Waals surface area contributed by atoms with Crippen LogP contribution in [0.25, 0.3) is 5.76 Å². The molecule has 3 rings (SSSR count). The molecule has 5 nitrogen and oxygen atoms in total. The molecule has 1 atom stereocenters. The van der Waals surface area contributed by atoms with E-state index in [9.17, 15) is 14.7 Å². The fraction of sp³-hybridized carbons (Fsp3) is 0.391. The Labute approximate surface area is 175 Å². The van der Waals surface area contributed by atoms with E-state index in [4.69, 9.17) is 4.74 Å². The summed E-state index contributed by atoms with van der Waals surface area (Å²) in [4.78, 5) is 28.2. The molecule has 1 N–H and O–H groups in total. The van der Waals surface area contributed by atoms with Crippen molar-refractivity contribution in [3.63, 3.8) is 0 Å². The number of aryl methyl sites for hydroxylation is 1. The van der Waals surface area contributed by atoms with Crippen molar-refractivity contribution in [3.8, 4) is 5.75 Å². The molecule has 1 aliphatic heterocycles. The molecule has 1 aromatic heterocycles. The Kier molecular flexibility index (Phi) is 6.13. The maximum absolute atomic E-state index is 12.9. The molecule has 2 heterocycles. The summed E-state index contributed by atoms with van der Waals surface area (Å²) in [5.41, 5.74) is 2.62. The number of hydrogen-bond acceptors (Lipinski definition) is 5. The average molecular weight is 414 g/mol. The Morgan fingerprint density at radius 3 is 2.55 bits per heavy atom. The lowest BCUT2D eigenvalue weighted by molar-refractivity contribution is -0.139. The molecule has 1 saturated heterocycles. The molecule has 0 aliphatic carbocycles. The lowest BCUT2D eigenvalue weighted by atomic mass is 9.95. The van der Waals surface area contributed by atoms with Gasteiger partial charge in [0.1, 0.15) is 11.5 Å². The van der Waals surface area contributed by atoms with Gasteiger partial charge < -0.3 is 14.7 Å². The third-order valence-corrected chi connectivity index (χ3v) is 6.35. The van der Waals surface area contributed by atoms with E-state index >= 15 is 0 Å². The topological polar surface area (TPSA) is 66.8 Å². The molecular formula is C23H27NO4S. The maximum Gasteiger partial charge on any atom is 0.295 e. The molecule has 0 bridgehead atoms. The monoisotopic (exact) mass is 413 g/mol. The number of Topliss-reactive ketones (excluding diaryl/α,β-unsaturated/α-hetero) is 1. The summed E-state index contributed by atoms with van der Waals surface area (Å²) in [6.45, 7) is 8.47. The predicted molar refractivity (Wildman–Crippen MR) is 115 cm³/mol. The highest BCUT2D eigenvalue weighted by atomic mass is 32.1. The zero-order valence-corrected chi connectivity index (χ0v) is 18.3. The zero-order chi connectivity index (χ0) is 21.3. The molecule has 0 spiro atoms. The number of thiophene rings is 1. The highest BCUT2D eigenvalue weighted by molar-refractivity contribution is 7.10. The Balaban J connectivity index is 2.21. The van der Waals surface area contributed by atoms with Crippen molar-refractivity contribution in [3.05, 3.63) is 56.8 Å². The van der Waals surface area contributed by atoms with Crippen LogP contribution in [-0.4, -0.2) is 35.4 Å². The van der Waals surface area contributed by atoms with E-state index in [1.807, 2.05) is 45.2 Å². The first-order valence-electron chi connectivity index (χ1n) is 9.82. The number of amides is 1. The number of benzene rings is 1. The van der Waals surface area contributed by atoms with E-state index in [-0.39, 0.29) is 17.3 Å². The first kappa shape index (κ1) is 21.1. The molecule has 154 valence electrons. The number of aliphatic hydroxyl groups is 1. The van der Waals surface area contributed by atoms with Crippen molar-refractivity contribution < 1.29 is 19.4 Å². The van der Waals surface area contributed by atoms with Crippen LogP contribution in [0.2, 0.25) is 0 Å². The molecule has 0 radical (unpaired) electrons. The number of ether oxygens (including phenoxy) is 1. The Bertz CT molecular complexity index is 973. The summed E-state index contributed by atoms with van der Waals surface area (Å²) >= 11 is 1.50. The number of aliphatic hydroxyl groups excluding tert-OH is 1. The van der Waals surface area contributed by atoms with E-state index < -0.39 is 17.7 Å².